The quantitative estimate of drug-likeness (QED) is 0.247. The van der Waals surface area contributed by atoms with Gasteiger partial charge in [-0.3, -0.25) is 0 Å². The van der Waals surface area contributed by atoms with E-state index in [0.29, 0.717) is 0 Å². The first-order valence-corrected chi connectivity index (χ1v) is 10.2. The van der Waals surface area contributed by atoms with Crippen molar-refractivity contribution >= 4 is 8.07 Å². The Kier molecular flexibility index (Phi) is 9.43. The van der Waals surface area contributed by atoms with Gasteiger partial charge in [-0.15, -0.1) is 11.5 Å². The van der Waals surface area contributed by atoms with Crippen LogP contribution in [0.3, 0.4) is 0 Å². The molecule has 0 rings (SSSR count). The van der Waals surface area contributed by atoms with Gasteiger partial charge in [-0.05, 0) is 12.8 Å². The Labute approximate surface area is 104 Å². The highest BCUT2D eigenvalue weighted by molar-refractivity contribution is 6.83. The van der Waals surface area contributed by atoms with E-state index in [1.807, 2.05) is 0 Å². The Morgan fingerprint density at radius 2 is 1.62 bits per heavy atom. The zero-order chi connectivity index (χ0) is 12.3. The highest BCUT2D eigenvalue weighted by atomic mass is 28.3. The Hall–Kier alpha value is -0.483. The fourth-order valence-electron chi connectivity index (χ4n) is 1.44. The third-order valence-electron chi connectivity index (χ3n) is 2.32. The van der Waals surface area contributed by atoms with E-state index in [2.05, 4.69) is 50.2 Å². The molecule has 1 heteroatoms. The third-order valence-corrected chi connectivity index (χ3v) is 3.25. The molecule has 0 aliphatic carbocycles. The van der Waals surface area contributed by atoms with E-state index < -0.39 is 8.07 Å². The normalized spacial score (nSPS) is 11.5. The first-order valence-electron chi connectivity index (χ1n) is 6.71. The molecule has 92 valence electrons. The summed E-state index contributed by atoms with van der Waals surface area (Å²) in [5, 5.41) is 0. The summed E-state index contributed by atoms with van der Waals surface area (Å²) in [5.41, 5.74) is 3.38. The largest absolute Gasteiger partial charge is 0.132 e. The van der Waals surface area contributed by atoms with E-state index in [-0.39, 0.29) is 0 Å². The molecule has 0 aromatic carbocycles. The maximum Gasteiger partial charge on any atom is 0.129 e. The molecule has 0 spiro atoms. The minimum atomic E-state index is -1.14. The molecule has 0 amide bonds. The predicted molar refractivity (Wildman–Crippen MR) is 78.3 cm³/mol. The zero-order valence-corrected chi connectivity index (χ0v) is 12.6. The van der Waals surface area contributed by atoms with Crippen molar-refractivity contribution in [3.63, 3.8) is 0 Å². The highest BCUT2D eigenvalue weighted by Gasteiger charge is 2.06. The molecular weight excluding hydrogens is 208 g/mol. The summed E-state index contributed by atoms with van der Waals surface area (Å²) in [6.45, 7) is 9.13. The van der Waals surface area contributed by atoms with Crippen molar-refractivity contribution in [2.45, 2.75) is 71.5 Å². The first kappa shape index (κ1) is 15.5. The summed E-state index contributed by atoms with van der Waals surface area (Å²) in [4.78, 5) is 0. The lowest BCUT2D eigenvalue weighted by atomic mass is 10.1. The van der Waals surface area contributed by atoms with Crippen LogP contribution in [-0.4, -0.2) is 8.07 Å². The lowest BCUT2D eigenvalue weighted by molar-refractivity contribution is 0.637. The fourth-order valence-corrected chi connectivity index (χ4v) is 2.07. The molecule has 0 aromatic heterocycles. The second kappa shape index (κ2) is 9.72. The molecule has 0 radical (unpaired) electrons. The van der Waals surface area contributed by atoms with Gasteiger partial charge in [0.25, 0.3) is 0 Å². The van der Waals surface area contributed by atoms with Crippen molar-refractivity contribution in [2.24, 2.45) is 0 Å². The van der Waals surface area contributed by atoms with Gasteiger partial charge < -0.3 is 0 Å². The lowest BCUT2D eigenvalue weighted by Crippen LogP contribution is -2.16. The van der Waals surface area contributed by atoms with Gasteiger partial charge >= 0.3 is 0 Å². The molecule has 0 bridgehead atoms. The van der Waals surface area contributed by atoms with Crippen molar-refractivity contribution < 1.29 is 0 Å². The lowest BCUT2D eigenvalue weighted by Gasteiger charge is -2.02. The van der Waals surface area contributed by atoms with Gasteiger partial charge in [0.1, 0.15) is 8.07 Å². The van der Waals surface area contributed by atoms with Crippen LogP contribution in [0.2, 0.25) is 19.6 Å². The molecule has 0 saturated carbocycles. The van der Waals surface area contributed by atoms with Gasteiger partial charge in [-0.2, -0.15) is 0 Å². The van der Waals surface area contributed by atoms with Crippen LogP contribution < -0.4 is 0 Å². The number of allylic oxidation sites excluding steroid dienone is 2. The van der Waals surface area contributed by atoms with Gasteiger partial charge in [0.15, 0.2) is 0 Å². The van der Waals surface area contributed by atoms with E-state index in [9.17, 15) is 0 Å². The van der Waals surface area contributed by atoms with Crippen LogP contribution in [0.15, 0.2) is 12.2 Å². The summed E-state index contributed by atoms with van der Waals surface area (Å²) in [5.74, 6) is 3.26. The molecule has 0 heterocycles. The number of hydrogen-bond acceptors (Lipinski definition) is 0. The molecule has 16 heavy (non-hydrogen) atoms. The molecule has 0 saturated heterocycles. The van der Waals surface area contributed by atoms with E-state index in [4.69, 9.17) is 0 Å². The van der Waals surface area contributed by atoms with E-state index >= 15 is 0 Å². The average molecular weight is 236 g/mol. The summed E-state index contributed by atoms with van der Waals surface area (Å²) >= 11 is 0. The fraction of sp³-hybridized carbons (Fsp3) is 0.733. The SMILES string of the molecule is CCCCCCC/C=C\CC#C[Si](C)(C)C. The van der Waals surface area contributed by atoms with Gasteiger partial charge in [-0.1, -0.05) is 64.4 Å². The minimum Gasteiger partial charge on any atom is -0.132 e. The van der Waals surface area contributed by atoms with Crippen molar-refractivity contribution in [1.29, 1.82) is 0 Å². The molecule has 0 aliphatic rings. The van der Waals surface area contributed by atoms with Crippen LogP contribution in [0.5, 0.6) is 0 Å². The van der Waals surface area contributed by atoms with E-state index in [0.717, 1.165) is 6.42 Å². The van der Waals surface area contributed by atoms with Crippen LogP contribution in [0, 0.1) is 11.5 Å². The van der Waals surface area contributed by atoms with Crippen LogP contribution in [0.1, 0.15) is 51.9 Å². The molecular formula is C15H28Si. The number of rotatable bonds is 7. The Morgan fingerprint density at radius 3 is 2.25 bits per heavy atom. The number of unbranched alkanes of at least 4 members (excludes halogenated alkanes) is 5. The van der Waals surface area contributed by atoms with Crippen molar-refractivity contribution in [2.75, 3.05) is 0 Å². The first-order chi connectivity index (χ1) is 7.56. The topological polar surface area (TPSA) is 0 Å². The van der Waals surface area contributed by atoms with Gasteiger partial charge in [0.05, 0.1) is 0 Å². The Morgan fingerprint density at radius 1 is 0.938 bits per heavy atom. The smallest absolute Gasteiger partial charge is 0.129 e. The molecule has 0 nitrogen and oxygen atoms in total. The average Bonchev–Trinajstić information content (AvgIpc) is 2.19. The summed E-state index contributed by atoms with van der Waals surface area (Å²) < 4.78 is 0. The van der Waals surface area contributed by atoms with Gasteiger partial charge in [0.2, 0.25) is 0 Å². The second-order valence-electron chi connectivity index (χ2n) is 5.43. The zero-order valence-electron chi connectivity index (χ0n) is 11.6. The molecule has 0 N–H and O–H groups in total. The summed E-state index contributed by atoms with van der Waals surface area (Å²) in [6.07, 6.45) is 13.6. The van der Waals surface area contributed by atoms with Crippen molar-refractivity contribution in [3.8, 4) is 11.5 Å². The maximum atomic E-state index is 3.38. The van der Waals surface area contributed by atoms with Crippen LogP contribution in [0.4, 0.5) is 0 Å². The van der Waals surface area contributed by atoms with Crippen molar-refractivity contribution in [3.05, 3.63) is 12.2 Å². The molecule has 0 fully saturated rings. The van der Waals surface area contributed by atoms with Crippen LogP contribution >= 0.6 is 0 Å². The minimum absolute atomic E-state index is 0.944. The summed E-state index contributed by atoms with van der Waals surface area (Å²) in [6, 6.07) is 0. The van der Waals surface area contributed by atoms with Crippen molar-refractivity contribution in [1.82, 2.24) is 0 Å². The van der Waals surface area contributed by atoms with E-state index in [1.54, 1.807) is 0 Å². The molecule has 0 aromatic rings. The second-order valence-corrected chi connectivity index (χ2v) is 10.2. The number of hydrogen-bond donors (Lipinski definition) is 0. The highest BCUT2D eigenvalue weighted by Crippen LogP contribution is 2.05. The molecule has 0 aliphatic heterocycles. The predicted octanol–water partition coefficient (Wildman–Crippen LogP) is 5.17. The molecule has 0 unspecified atom stereocenters. The maximum absolute atomic E-state index is 3.38. The van der Waals surface area contributed by atoms with Crippen LogP contribution in [0.25, 0.3) is 0 Å². The third kappa shape index (κ3) is 13.5. The summed E-state index contributed by atoms with van der Waals surface area (Å²) in [7, 11) is -1.14. The Bertz CT molecular complexity index is 234. The standard InChI is InChI=1S/C15H28Si/c1-5-6-7-8-9-10-11-12-13-14-15-16(2,3)4/h11-12H,5-10,13H2,1-4H3/b12-11-. The molecule has 0 atom stereocenters. The van der Waals surface area contributed by atoms with E-state index in [1.165, 1.54) is 38.5 Å². The van der Waals surface area contributed by atoms with Gasteiger partial charge in [0, 0.05) is 6.42 Å². The van der Waals surface area contributed by atoms with Crippen LogP contribution in [-0.2, 0) is 0 Å². The van der Waals surface area contributed by atoms with Gasteiger partial charge in [-0.25, -0.2) is 0 Å². The monoisotopic (exact) mass is 236 g/mol. The Balaban J connectivity index is 3.37.